The second-order valence-electron chi connectivity index (χ2n) is 11.0. The lowest BCUT2D eigenvalue weighted by atomic mass is 9.47. The van der Waals surface area contributed by atoms with Crippen molar-refractivity contribution in [2.45, 2.75) is 77.0 Å². The van der Waals surface area contributed by atoms with Crippen LogP contribution < -0.4 is 0 Å². The van der Waals surface area contributed by atoms with Gasteiger partial charge in [0.15, 0.2) is 0 Å². The number of hydrogen-bond acceptors (Lipinski definition) is 1. The van der Waals surface area contributed by atoms with E-state index in [4.69, 9.17) is 12.6 Å². The fourth-order valence-electron chi connectivity index (χ4n) is 9.22. The summed E-state index contributed by atoms with van der Waals surface area (Å²) in [6.45, 7) is 0. The largest absolute Gasteiger partial charge is 0.148 e. The molecule has 8 bridgehead atoms. The molecule has 126 valence electrons. The van der Waals surface area contributed by atoms with Crippen LogP contribution in [0, 0.1) is 46.3 Å². The normalized spacial score (nSPS) is 59.8. The van der Waals surface area contributed by atoms with E-state index in [2.05, 4.69) is 6.08 Å². The summed E-state index contributed by atoms with van der Waals surface area (Å²) in [6, 6.07) is 0. The molecule has 0 aliphatic heterocycles. The highest BCUT2D eigenvalue weighted by molar-refractivity contribution is 7.84. The minimum Gasteiger partial charge on any atom is -0.148 e. The van der Waals surface area contributed by atoms with Gasteiger partial charge in [0.05, 0.1) is 0 Å². The average Bonchev–Trinajstić information content (AvgIpc) is 2.43. The molecule has 0 spiro atoms. The molecule has 0 aromatic rings. The van der Waals surface area contributed by atoms with E-state index in [9.17, 15) is 0 Å². The van der Waals surface area contributed by atoms with Crippen molar-refractivity contribution >= 4 is 12.6 Å². The first-order valence-electron chi connectivity index (χ1n) is 10.5. The van der Waals surface area contributed by atoms with Crippen molar-refractivity contribution in [1.29, 1.82) is 0 Å². The Morgan fingerprint density at radius 2 is 0.957 bits per heavy atom. The first-order valence-corrected chi connectivity index (χ1v) is 11.0. The fourth-order valence-corrected chi connectivity index (χ4v) is 9.77. The molecular weight excluding hydrogens is 296 g/mol. The SMILES string of the molecule is S/C(=C\C12CC3CC(CC(C3)C1)C2)C12CC3CC(CC(C3)C1)C2. The van der Waals surface area contributed by atoms with Gasteiger partial charge < -0.3 is 0 Å². The third-order valence-corrected chi connectivity index (χ3v) is 9.71. The number of rotatable bonds is 2. The van der Waals surface area contributed by atoms with Crippen LogP contribution in [0.1, 0.15) is 77.0 Å². The van der Waals surface area contributed by atoms with E-state index in [-0.39, 0.29) is 0 Å². The minimum absolute atomic E-state index is 0.529. The quantitative estimate of drug-likeness (QED) is 0.570. The van der Waals surface area contributed by atoms with E-state index in [1.807, 2.05) is 0 Å². The van der Waals surface area contributed by atoms with Crippen LogP contribution in [-0.2, 0) is 0 Å². The first kappa shape index (κ1) is 14.3. The van der Waals surface area contributed by atoms with Crippen LogP contribution >= 0.6 is 12.6 Å². The lowest BCUT2D eigenvalue weighted by Gasteiger charge is -2.59. The Morgan fingerprint density at radius 3 is 1.35 bits per heavy atom. The molecule has 0 aromatic heterocycles. The lowest BCUT2D eigenvalue weighted by Crippen LogP contribution is -2.48. The molecule has 0 aromatic carbocycles. The summed E-state index contributed by atoms with van der Waals surface area (Å²) in [5, 5.41) is 0. The van der Waals surface area contributed by atoms with Crippen LogP contribution in [0.2, 0.25) is 0 Å². The van der Waals surface area contributed by atoms with Gasteiger partial charge in [-0.15, -0.1) is 12.6 Å². The Bertz CT molecular complexity index is 486. The van der Waals surface area contributed by atoms with Crippen molar-refractivity contribution in [3.63, 3.8) is 0 Å². The molecule has 8 aliphatic carbocycles. The Kier molecular flexibility index (Phi) is 2.87. The van der Waals surface area contributed by atoms with Gasteiger partial charge in [-0.25, -0.2) is 0 Å². The zero-order valence-electron chi connectivity index (χ0n) is 14.5. The van der Waals surface area contributed by atoms with Gasteiger partial charge in [-0.3, -0.25) is 0 Å². The number of thiol groups is 1. The molecule has 0 atom stereocenters. The summed E-state index contributed by atoms with van der Waals surface area (Å²) in [5.41, 5.74) is 1.11. The number of allylic oxidation sites excluding steroid dienone is 2. The van der Waals surface area contributed by atoms with Gasteiger partial charge in [-0.1, -0.05) is 6.08 Å². The van der Waals surface area contributed by atoms with Gasteiger partial charge in [-0.2, -0.15) is 0 Å². The topological polar surface area (TPSA) is 0 Å². The molecule has 8 saturated carbocycles. The second kappa shape index (κ2) is 4.63. The highest BCUT2D eigenvalue weighted by Crippen LogP contribution is 2.66. The highest BCUT2D eigenvalue weighted by Gasteiger charge is 2.54. The van der Waals surface area contributed by atoms with E-state index in [0.717, 1.165) is 35.5 Å². The van der Waals surface area contributed by atoms with Crippen molar-refractivity contribution in [3.05, 3.63) is 11.0 Å². The highest BCUT2D eigenvalue weighted by atomic mass is 32.1. The van der Waals surface area contributed by atoms with Crippen LogP contribution in [0.4, 0.5) is 0 Å². The first-order chi connectivity index (χ1) is 11.1. The van der Waals surface area contributed by atoms with E-state index in [1.54, 1.807) is 43.4 Å². The molecule has 8 aliphatic rings. The van der Waals surface area contributed by atoms with Crippen LogP contribution in [-0.4, -0.2) is 0 Å². The average molecular weight is 329 g/mol. The zero-order chi connectivity index (χ0) is 15.2. The van der Waals surface area contributed by atoms with E-state index in [1.165, 1.54) is 38.5 Å². The Hall–Kier alpha value is 0.0900. The molecular formula is C22H32S. The lowest BCUT2D eigenvalue weighted by molar-refractivity contribution is -0.0352. The molecule has 23 heavy (non-hydrogen) atoms. The molecule has 0 nitrogen and oxygen atoms in total. The van der Waals surface area contributed by atoms with Gasteiger partial charge in [0.25, 0.3) is 0 Å². The van der Waals surface area contributed by atoms with Crippen molar-refractivity contribution in [1.82, 2.24) is 0 Å². The molecule has 0 unspecified atom stereocenters. The van der Waals surface area contributed by atoms with Crippen LogP contribution in [0.25, 0.3) is 0 Å². The monoisotopic (exact) mass is 328 g/mol. The van der Waals surface area contributed by atoms with Crippen molar-refractivity contribution in [2.75, 3.05) is 0 Å². The predicted octanol–water partition coefficient (Wildman–Crippen LogP) is 6.23. The molecule has 0 saturated heterocycles. The second-order valence-corrected chi connectivity index (χ2v) is 11.5. The molecule has 0 radical (unpaired) electrons. The Balaban J connectivity index is 1.34. The fraction of sp³-hybridized carbons (Fsp3) is 0.909. The molecule has 1 heteroatoms. The van der Waals surface area contributed by atoms with Crippen molar-refractivity contribution in [2.24, 2.45) is 46.3 Å². The summed E-state index contributed by atoms with van der Waals surface area (Å²) in [5.74, 6) is 6.34. The number of hydrogen-bond donors (Lipinski definition) is 1. The molecule has 0 heterocycles. The van der Waals surface area contributed by atoms with Crippen LogP contribution in [0.5, 0.6) is 0 Å². The van der Waals surface area contributed by atoms with E-state index < -0.39 is 0 Å². The zero-order valence-corrected chi connectivity index (χ0v) is 15.4. The van der Waals surface area contributed by atoms with E-state index in [0.29, 0.717) is 10.8 Å². The molecule has 8 rings (SSSR count). The Morgan fingerprint density at radius 1 is 0.609 bits per heavy atom. The van der Waals surface area contributed by atoms with Gasteiger partial charge in [0.2, 0.25) is 0 Å². The maximum Gasteiger partial charge on any atom is 0.00152 e. The standard InChI is InChI=1S/C22H32S/c23-20(22-10-17-4-18(11-22)6-19(5-17)12-22)13-21-7-14-1-15(8-21)3-16(2-14)9-21/h13-19,23H,1-12H2/b20-13-. The van der Waals surface area contributed by atoms with E-state index >= 15 is 0 Å². The molecule has 8 fully saturated rings. The minimum atomic E-state index is 0.529. The maximum atomic E-state index is 5.25. The van der Waals surface area contributed by atoms with Gasteiger partial charge in [0, 0.05) is 5.41 Å². The van der Waals surface area contributed by atoms with Crippen molar-refractivity contribution in [3.8, 4) is 0 Å². The predicted molar refractivity (Wildman–Crippen MR) is 98.3 cm³/mol. The summed E-state index contributed by atoms with van der Waals surface area (Å²) in [7, 11) is 0. The van der Waals surface area contributed by atoms with Crippen molar-refractivity contribution < 1.29 is 0 Å². The third kappa shape index (κ3) is 2.10. The molecule has 0 N–H and O–H groups in total. The van der Waals surface area contributed by atoms with Gasteiger partial charge >= 0.3 is 0 Å². The Labute approximate surface area is 147 Å². The maximum absolute atomic E-state index is 5.25. The summed E-state index contributed by atoms with van der Waals surface area (Å²) >= 11 is 5.25. The van der Waals surface area contributed by atoms with Crippen LogP contribution in [0.3, 0.4) is 0 Å². The third-order valence-electron chi connectivity index (χ3n) is 9.11. The smallest absolute Gasteiger partial charge is 0.00152 e. The molecule has 0 amide bonds. The van der Waals surface area contributed by atoms with Crippen LogP contribution in [0.15, 0.2) is 11.0 Å². The summed E-state index contributed by atoms with van der Waals surface area (Å²) in [6.07, 6.45) is 21.1. The summed E-state index contributed by atoms with van der Waals surface area (Å²) < 4.78 is 0. The van der Waals surface area contributed by atoms with Gasteiger partial charge in [-0.05, 0) is 123 Å². The van der Waals surface area contributed by atoms with Gasteiger partial charge in [0.1, 0.15) is 0 Å². The summed E-state index contributed by atoms with van der Waals surface area (Å²) in [4.78, 5) is 1.57.